The zero-order valence-electron chi connectivity index (χ0n) is 45.1. The van der Waals surface area contributed by atoms with E-state index in [1.165, 1.54) is 263 Å². The number of hydrogen-bond donors (Lipinski definition) is 3. The maximum absolute atomic E-state index is 12.5. The van der Waals surface area contributed by atoms with Crippen LogP contribution in [0.5, 0.6) is 0 Å². The number of ether oxygens (including phenoxy) is 1. The summed E-state index contributed by atoms with van der Waals surface area (Å²) in [6.07, 6.45) is 69.3. The molecule has 396 valence electrons. The summed E-state index contributed by atoms with van der Waals surface area (Å²) < 4.78 is 5.46. The van der Waals surface area contributed by atoms with Gasteiger partial charge in [0.05, 0.1) is 25.4 Å². The minimum atomic E-state index is -0.846. The molecule has 0 saturated carbocycles. The summed E-state index contributed by atoms with van der Waals surface area (Å²) in [6.45, 7) is 4.91. The lowest BCUT2D eigenvalue weighted by molar-refractivity contribution is -0.143. The smallest absolute Gasteiger partial charge is 0.305 e. The van der Waals surface area contributed by atoms with Crippen LogP contribution in [0.15, 0.2) is 24.3 Å². The monoisotopic (exact) mass is 944 g/mol. The number of rotatable bonds is 56. The first kappa shape index (κ1) is 65.3. The van der Waals surface area contributed by atoms with Crippen molar-refractivity contribution in [3.05, 3.63) is 24.3 Å². The Balaban J connectivity index is 3.43. The van der Waals surface area contributed by atoms with E-state index in [0.29, 0.717) is 19.4 Å². The molecule has 0 aromatic carbocycles. The molecule has 0 bridgehead atoms. The molecule has 0 aliphatic carbocycles. The third-order valence-electron chi connectivity index (χ3n) is 14.0. The number of amides is 1. The summed E-state index contributed by atoms with van der Waals surface area (Å²) in [4.78, 5) is 24.4. The van der Waals surface area contributed by atoms with Gasteiger partial charge in [-0.15, -0.1) is 0 Å². The van der Waals surface area contributed by atoms with E-state index >= 15 is 0 Å². The van der Waals surface area contributed by atoms with E-state index in [0.717, 1.165) is 38.5 Å². The van der Waals surface area contributed by atoms with E-state index in [1.807, 2.05) is 6.08 Å². The summed E-state index contributed by atoms with van der Waals surface area (Å²) >= 11 is 0. The molecule has 1 amide bonds. The van der Waals surface area contributed by atoms with Crippen LogP contribution in [0.4, 0.5) is 0 Å². The average Bonchev–Trinajstić information content (AvgIpc) is 3.33. The molecule has 67 heavy (non-hydrogen) atoms. The van der Waals surface area contributed by atoms with Crippen LogP contribution in [-0.2, 0) is 14.3 Å². The molecule has 0 rings (SSSR count). The minimum absolute atomic E-state index is 0.0118. The molecular formula is C61H117NO5. The van der Waals surface area contributed by atoms with Gasteiger partial charge in [-0.3, -0.25) is 9.59 Å². The fourth-order valence-corrected chi connectivity index (χ4v) is 9.34. The van der Waals surface area contributed by atoms with Gasteiger partial charge in [0.15, 0.2) is 0 Å². The Hall–Kier alpha value is -1.66. The molecule has 0 aliphatic heterocycles. The Labute approximate surface area is 418 Å². The molecule has 0 spiro atoms. The lowest BCUT2D eigenvalue weighted by atomic mass is 10.0. The van der Waals surface area contributed by atoms with Crippen molar-refractivity contribution < 1.29 is 24.5 Å². The van der Waals surface area contributed by atoms with E-state index in [1.54, 1.807) is 6.08 Å². The van der Waals surface area contributed by atoms with E-state index in [9.17, 15) is 19.8 Å². The Morgan fingerprint density at radius 1 is 0.403 bits per heavy atom. The first-order chi connectivity index (χ1) is 33.0. The van der Waals surface area contributed by atoms with Crippen molar-refractivity contribution in [2.24, 2.45) is 0 Å². The Bertz CT molecular complexity index is 1040. The second kappa shape index (κ2) is 56.9. The lowest BCUT2D eigenvalue weighted by Gasteiger charge is -2.20. The number of carbonyl (C=O) groups excluding carboxylic acids is 2. The topological polar surface area (TPSA) is 95.9 Å². The highest BCUT2D eigenvalue weighted by molar-refractivity contribution is 5.76. The van der Waals surface area contributed by atoms with Gasteiger partial charge in [0.1, 0.15) is 0 Å². The van der Waals surface area contributed by atoms with E-state index in [2.05, 4.69) is 31.3 Å². The molecule has 0 aliphatic rings. The Morgan fingerprint density at radius 2 is 0.701 bits per heavy atom. The third-order valence-corrected chi connectivity index (χ3v) is 14.0. The van der Waals surface area contributed by atoms with Gasteiger partial charge in [0.25, 0.3) is 0 Å². The predicted octanol–water partition coefficient (Wildman–Crippen LogP) is 18.6. The average molecular weight is 945 g/mol. The Morgan fingerprint density at radius 3 is 1.06 bits per heavy atom. The van der Waals surface area contributed by atoms with Crippen molar-refractivity contribution in [3.8, 4) is 0 Å². The predicted molar refractivity (Wildman–Crippen MR) is 292 cm³/mol. The van der Waals surface area contributed by atoms with Crippen LogP contribution in [0.3, 0.4) is 0 Å². The zero-order chi connectivity index (χ0) is 48.6. The van der Waals surface area contributed by atoms with Crippen LogP contribution in [0.1, 0.15) is 328 Å². The number of aliphatic hydroxyl groups is 2. The van der Waals surface area contributed by atoms with Gasteiger partial charge in [0.2, 0.25) is 5.91 Å². The number of allylic oxidation sites excluding steroid dienone is 3. The number of hydrogen-bond acceptors (Lipinski definition) is 5. The highest BCUT2D eigenvalue weighted by Gasteiger charge is 2.18. The van der Waals surface area contributed by atoms with Gasteiger partial charge in [-0.25, -0.2) is 0 Å². The van der Waals surface area contributed by atoms with Crippen LogP contribution < -0.4 is 5.32 Å². The number of esters is 1. The molecular weight excluding hydrogens is 827 g/mol. The maximum Gasteiger partial charge on any atom is 0.305 e. The highest BCUT2D eigenvalue weighted by atomic mass is 16.5. The van der Waals surface area contributed by atoms with Gasteiger partial charge in [-0.1, -0.05) is 282 Å². The maximum atomic E-state index is 12.5. The second-order valence-electron chi connectivity index (χ2n) is 20.7. The van der Waals surface area contributed by atoms with Crippen molar-refractivity contribution in [2.45, 2.75) is 341 Å². The van der Waals surface area contributed by atoms with Gasteiger partial charge >= 0.3 is 5.97 Å². The number of carbonyl (C=O) groups is 2. The van der Waals surface area contributed by atoms with Crippen LogP contribution in [0.2, 0.25) is 0 Å². The van der Waals surface area contributed by atoms with E-state index in [4.69, 9.17) is 4.74 Å². The van der Waals surface area contributed by atoms with E-state index in [-0.39, 0.29) is 18.5 Å². The SMILES string of the molecule is CCCCCCCCCCCCCCC/C=C/C(O)C(CO)NC(=O)CCCCCCCCCC/C=C\CCCCCCCCCCCCCCOC(=O)CCCCCCCCCCCCC. The van der Waals surface area contributed by atoms with Crippen molar-refractivity contribution in [1.82, 2.24) is 5.32 Å². The third kappa shape index (κ3) is 53.5. The first-order valence-electron chi connectivity index (χ1n) is 30.1. The van der Waals surface area contributed by atoms with Gasteiger partial charge in [-0.2, -0.15) is 0 Å². The van der Waals surface area contributed by atoms with E-state index < -0.39 is 12.1 Å². The van der Waals surface area contributed by atoms with Crippen molar-refractivity contribution in [3.63, 3.8) is 0 Å². The van der Waals surface area contributed by atoms with Crippen LogP contribution in [0, 0.1) is 0 Å². The molecule has 2 atom stereocenters. The normalized spacial score (nSPS) is 12.7. The van der Waals surface area contributed by atoms with Crippen LogP contribution in [-0.4, -0.2) is 47.4 Å². The molecule has 6 nitrogen and oxygen atoms in total. The zero-order valence-corrected chi connectivity index (χ0v) is 45.1. The van der Waals surface area contributed by atoms with Gasteiger partial charge in [0, 0.05) is 12.8 Å². The lowest BCUT2D eigenvalue weighted by Crippen LogP contribution is -2.45. The summed E-state index contributed by atoms with van der Waals surface area (Å²) in [7, 11) is 0. The molecule has 0 saturated heterocycles. The number of unbranched alkanes of at least 4 members (excludes halogenated alkanes) is 43. The fourth-order valence-electron chi connectivity index (χ4n) is 9.34. The summed E-state index contributed by atoms with van der Waals surface area (Å²) in [5, 5.41) is 23.1. The number of nitrogens with one attached hydrogen (secondary N) is 1. The van der Waals surface area contributed by atoms with Crippen molar-refractivity contribution in [1.29, 1.82) is 0 Å². The van der Waals surface area contributed by atoms with Crippen LogP contribution in [0.25, 0.3) is 0 Å². The van der Waals surface area contributed by atoms with Crippen molar-refractivity contribution >= 4 is 11.9 Å². The van der Waals surface area contributed by atoms with Gasteiger partial charge < -0.3 is 20.3 Å². The number of aliphatic hydroxyl groups excluding tert-OH is 2. The summed E-state index contributed by atoms with van der Waals surface area (Å²) in [5.74, 6) is -0.0593. The fraction of sp³-hybridized carbons (Fsp3) is 0.902. The summed E-state index contributed by atoms with van der Waals surface area (Å²) in [5.41, 5.74) is 0. The minimum Gasteiger partial charge on any atom is -0.466 e. The molecule has 0 radical (unpaired) electrons. The van der Waals surface area contributed by atoms with Crippen LogP contribution >= 0.6 is 0 Å². The molecule has 0 fully saturated rings. The second-order valence-corrected chi connectivity index (χ2v) is 20.7. The summed E-state index contributed by atoms with van der Waals surface area (Å²) in [6, 6.07) is -0.630. The molecule has 3 N–H and O–H groups in total. The molecule has 0 heterocycles. The quantitative estimate of drug-likeness (QED) is 0.0321. The standard InChI is InChI=1S/C61H117NO5/c1-3-5-7-9-11-13-15-16-27-30-34-37-41-45-49-53-59(64)58(57-63)62-60(65)54-50-46-42-38-35-31-28-25-23-21-19-17-18-20-22-24-26-29-32-36-40-44-48-52-56-67-61(66)55-51-47-43-39-33-14-12-10-8-6-4-2/h19,21,49,53,58-59,63-64H,3-18,20,22-48,50-52,54-57H2,1-2H3,(H,62,65)/b21-19-,53-49+. The molecule has 0 aromatic heterocycles. The van der Waals surface area contributed by atoms with Crippen molar-refractivity contribution in [2.75, 3.05) is 13.2 Å². The molecule has 0 aromatic rings. The highest BCUT2D eigenvalue weighted by Crippen LogP contribution is 2.17. The first-order valence-corrected chi connectivity index (χ1v) is 30.1. The largest absolute Gasteiger partial charge is 0.466 e. The molecule has 2 unspecified atom stereocenters. The van der Waals surface area contributed by atoms with Gasteiger partial charge in [-0.05, 0) is 57.8 Å². The molecule has 6 heteroatoms. The Kier molecular flexibility index (Phi) is 55.5.